The summed E-state index contributed by atoms with van der Waals surface area (Å²) >= 11 is 0. The second-order valence-corrected chi connectivity index (χ2v) is 8.80. The van der Waals surface area contributed by atoms with Crippen LogP contribution < -0.4 is 0 Å². The van der Waals surface area contributed by atoms with Crippen molar-refractivity contribution < 1.29 is 4.21 Å². The molecule has 0 N–H and O–H groups in total. The molecule has 0 radical (unpaired) electrons. The van der Waals surface area contributed by atoms with Crippen molar-refractivity contribution in [2.75, 3.05) is 5.75 Å². The van der Waals surface area contributed by atoms with Crippen LogP contribution in [0.4, 0.5) is 0 Å². The van der Waals surface area contributed by atoms with E-state index in [9.17, 15) is 4.21 Å². The first-order chi connectivity index (χ1) is 15.8. The normalized spacial score (nSPS) is 13.0. The molecule has 1 heterocycles. The smallest absolute Gasteiger partial charge is 0.113 e. The molecule has 0 amide bonds. The summed E-state index contributed by atoms with van der Waals surface area (Å²) in [7, 11) is -1.22. The molecule has 0 aliphatic carbocycles. The van der Waals surface area contributed by atoms with Crippen molar-refractivity contribution in [3.05, 3.63) is 126 Å². The molecular weight excluding hydrogens is 414 g/mol. The van der Waals surface area contributed by atoms with E-state index >= 15 is 0 Å². The van der Waals surface area contributed by atoms with Crippen molar-refractivity contribution in [1.29, 1.82) is 0 Å². The molecule has 0 spiro atoms. The Morgan fingerprint density at radius 3 is 1.94 bits per heavy atom. The van der Waals surface area contributed by atoms with Crippen LogP contribution in [0, 0.1) is 0 Å². The van der Waals surface area contributed by atoms with E-state index in [4.69, 9.17) is 0 Å². The lowest BCUT2D eigenvalue weighted by molar-refractivity contribution is 0.685. The van der Waals surface area contributed by atoms with Crippen LogP contribution in [-0.4, -0.2) is 25.0 Å². The molecule has 1 unspecified atom stereocenters. The zero-order valence-electron chi connectivity index (χ0n) is 17.3. The Balaban J connectivity index is 1.78. The highest BCUT2D eigenvalue weighted by atomic mass is 32.2. The summed E-state index contributed by atoms with van der Waals surface area (Å²) in [5.74, 6) is 0.354. The molecule has 32 heavy (non-hydrogen) atoms. The van der Waals surface area contributed by atoms with Crippen molar-refractivity contribution >= 4 is 33.1 Å². The number of benzene rings is 4. The molecule has 4 nitrogen and oxygen atoms in total. The van der Waals surface area contributed by atoms with Crippen LogP contribution in [-0.2, 0) is 10.8 Å². The van der Waals surface area contributed by atoms with Crippen LogP contribution in [0.15, 0.2) is 120 Å². The highest BCUT2D eigenvalue weighted by molar-refractivity contribution is 7.85. The molecule has 1 aromatic heterocycles. The van der Waals surface area contributed by atoms with E-state index in [0.29, 0.717) is 5.75 Å². The average Bonchev–Trinajstić information content (AvgIpc) is 3.29. The first-order valence-corrected chi connectivity index (χ1v) is 11.7. The maximum absolute atomic E-state index is 13.4. The minimum absolute atomic E-state index is 0.354. The van der Waals surface area contributed by atoms with Crippen molar-refractivity contribution in [2.24, 2.45) is 0 Å². The second kappa shape index (κ2) is 9.12. The van der Waals surface area contributed by atoms with Gasteiger partial charge in [0.2, 0.25) is 0 Å². The van der Waals surface area contributed by atoms with Gasteiger partial charge in [-0.1, -0.05) is 96.2 Å². The Bertz CT molecular complexity index is 1390. The fourth-order valence-electron chi connectivity index (χ4n) is 3.77. The van der Waals surface area contributed by atoms with Crippen molar-refractivity contribution in [3.8, 4) is 0 Å². The van der Waals surface area contributed by atoms with Crippen LogP contribution in [0.3, 0.4) is 0 Å². The lowest BCUT2D eigenvalue weighted by atomic mass is 10.0. The minimum atomic E-state index is -1.22. The highest BCUT2D eigenvalue weighted by Crippen LogP contribution is 2.31. The maximum atomic E-state index is 13.4. The summed E-state index contributed by atoms with van der Waals surface area (Å²) in [5.41, 5.74) is 5.56. The van der Waals surface area contributed by atoms with Crippen molar-refractivity contribution in [1.82, 2.24) is 15.0 Å². The average molecular weight is 436 g/mol. The van der Waals surface area contributed by atoms with Crippen LogP contribution >= 0.6 is 0 Å². The van der Waals surface area contributed by atoms with Gasteiger partial charge in [-0.3, -0.25) is 4.21 Å². The first kappa shape index (κ1) is 20.1. The summed E-state index contributed by atoms with van der Waals surface area (Å²) in [4.78, 5) is 0.803. The number of hydrogen-bond acceptors (Lipinski definition) is 3. The van der Waals surface area contributed by atoms with Crippen LogP contribution in [0.1, 0.15) is 11.1 Å². The van der Waals surface area contributed by atoms with E-state index in [2.05, 4.69) is 34.6 Å². The van der Waals surface area contributed by atoms with Crippen LogP contribution in [0.5, 0.6) is 0 Å². The van der Waals surface area contributed by atoms with Gasteiger partial charge < -0.3 is 0 Å². The Labute approximate surface area is 189 Å². The van der Waals surface area contributed by atoms with Gasteiger partial charge in [-0.25, -0.2) is 4.68 Å². The van der Waals surface area contributed by atoms with Gasteiger partial charge in [0.1, 0.15) is 5.52 Å². The van der Waals surface area contributed by atoms with Gasteiger partial charge in [0.05, 0.1) is 27.8 Å². The number of fused-ring (bicyclic) bond motifs is 1. The van der Waals surface area contributed by atoms with E-state index in [1.165, 1.54) is 0 Å². The monoisotopic (exact) mass is 435 g/mol. The van der Waals surface area contributed by atoms with Gasteiger partial charge in [0, 0.05) is 10.5 Å². The van der Waals surface area contributed by atoms with Gasteiger partial charge in [-0.05, 0) is 35.4 Å². The summed E-state index contributed by atoms with van der Waals surface area (Å²) < 4.78 is 15.3. The van der Waals surface area contributed by atoms with Gasteiger partial charge in [0.15, 0.2) is 0 Å². The summed E-state index contributed by atoms with van der Waals surface area (Å²) in [6.07, 6.45) is 0. The van der Waals surface area contributed by atoms with E-state index in [1.807, 2.05) is 95.7 Å². The number of rotatable bonds is 6. The third-order valence-corrected chi connectivity index (χ3v) is 6.65. The largest absolute Gasteiger partial charge is 0.254 e. The fourth-order valence-corrected chi connectivity index (χ4v) is 4.96. The molecule has 5 heteroatoms. The maximum Gasteiger partial charge on any atom is 0.113 e. The Morgan fingerprint density at radius 1 is 0.688 bits per heavy atom. The standard InChI is InChI=1S/C27H21N3OS/c31-32(23-16-8-3-9-17-23)20-24(21-12-4-1-5-13-21)27(22-14-6-2-7-15-22)30-26-19-11-10-18-25(26)28-29-30/h1-19H,20H2/b27-24+. The quantitative estimate of drug-likeness (QED) is 0.324. The number of aromatic nitrogens is 3. The zero-order chi connectivity index (χ0) is 21.8. The molecule has 0 bridgehead atoms. The highest BCUT2D eigenvalue weighted by Gasteiger charge is 2.20. The summed E-state index contributed by atoms with van der Waals surface area (Å²) in [5, 5.41) is 8.89. The topological polar surface area (TPSA) is 47.8 Å². The predicted molar refractivity (Wildman–Crippen MR) is 130 cm³/mol. The molecule has 0 saturated heterocycles. The van der Waals surface area contributed by atoms with E-state index < -0.39 is 10.8 Å². The number of hydrogen-bond donors (Lipinski definition) is 0. The van der Waals surface area contributed by atoms with Crippen LogP contribution in [0.25, 0.3) is 22.3 Å². The molecule has 1 atom stereocenters. The molecule has 4 aromatic carbocycles. The predicted octanol–water partition coefficient (Wildman–Crippen LogP) is 5.66. The molecule has 156 valence electrons. The first-order valence-electron chi connectivity index (χ1n) is 10.4. The van der Waals surface area contributed by atoms with Gasteiger partial charge >= 0.3 is 0 Å². The molecule has 0 aliphatic heterocycles. The van der Waals surface area contributed by atoms with Gasteiger partial charge in [0.25, 0.3) is 0 Å². The van der Waals surface area contributed by atoms with Crippen molar-refractivity contribution in [2.45, 2.75) is 4.90 Å². The number of para-hydroxylation sites is 1. The summed E-state index contributed by atoms with van der Waals surface area (Å²) in [6, 6.07) is 37.7. The van der Waals surface area contributed by atoms with Crippen LogP contribution in [0.2, 0.25) is 0 Å². The summed E-state index contributed by atoms with van der Waals surface area (Å²) in [6.45, 7) is 0. The molecule has 0 saturated carbocycles. The third kappa shape index (κ3) is 4.03. The van der Waals surface area contributed by atoms with E-state index in [0.717, 1.165) is 38.3 Å². The zero-order valence-corrected chi connectivity index (χ0v) is 18.2. The second-order valence-electron chi connectivity index (χ2n) is 7.35. The Kier molecular flexibility index (Phi) is 5.73. The Hall–Kier alpha value is -3.83. The van der Waals surface area contributed by atoms with Gasteiger partial charge in [-0.15, -0.1) is 5.10 Å². The minimum Gasteiger partial charge on any atom is -0.254 e. The molecule has 5 aromatic rings. The van der Waals surface area contributed by atoms with E-state index in [1.54, 1.807) is 0 Å². The fraction of sp³-hybridized carbons (Fsp3) is 0.0370. The third-order valence-electron chi connectivity index (χ3n) is 5.30. The molecule has 5 rings (SSSR count). The molecular formula is C27H21N3OS. The lowest BCUT2D eigenvalue weighted by Crippen LogP contribution is -2.10. The molecule has 0 fully saturated rings. The number of nitrogens with zero attached hydrogens (tertiary/aromatic N) is 3. The van der Waals surface area contributed by atoms with Crippen molar-refractivity contribution in [3.63, 3.8) is 0 Å². The SMILES string of the molecule is O=S(C/C(=C(/c1ccccc1)n1nnc2ccccc21)c1ccccc1)c1ccccc1. The Morgan fingerprint density at radius 2 is 1.25 bits per heavy atom. The molecule has 0 aliphatic rings. The van der Waals surface area contributed by atoms with Gasteiger partial charge in [-0.2, -0.15) is 0 Å². The van der Waals surface area contributed by atoms with E-state index in [-0.39, 0.29) is 0 Å². The lowest BCUT2D eigenvalue weighted by Gasteiger charge is -2.17.